The van der Waals surface area contributed by atoms with Crippen molar-refractivity contribution in [3.05, 3.63) is 41.5 Å². The highest BCUT2D eigenvalue weighted by molar-refractivity contribution is 5.77. The molecule has 2 aromatic rings. The molecule has 3 N–H and O–H groups in total. The summed E-state index contributed by atoms with van der Waals surface area (Å²) in [6.45, 7) is 2.17. The van der Waals surface area contributed by atoms with Crippen LogP contribution in [0.25, 0.3) is 0 Å². The topological polar surface area (TPSA) is 103 Å². The number of aryl methyl sites for hydroxylation is 1. The van der Waals surface area contributed by atoms with Gasteiger partial charge in [0.1, 0.15) is 11.8 Å². The number of carbonyl (C=O) groups excluding carboxylic acids is 1. The molecular weight excluding hydrogens is 284 g/mol. The number of nitrogens with zero attached hydrogens (tertiary/aromatic N) is 2. The van der Waals surface area contributed by atoms with E-state index in [0.29, 0.717) is 36.9 Å². The van der Waals surface area contributed by atoms with E-state index in [2.05, 4.69) is 15.5 Å². The third kappa shape index (κ3) is 3.82. The first-order valence-electron chi connectivity index (χ1n) is 7.08. The summed E-state index contributed by atoms with van der Waals surface area (Å²) in [4.78, 5) is 16.3. The van der Waals surface area contributed by atoms with E-state index < -0.39 is 6.04 Å². The van der Waals surface area contributed by atoms with Gasteiger partial charge in [0, 0.05) is 18.9 Å². The molecule has 0 spiro atoms. The molecule has 0 fully saturated rings. The highest BCUT2D eigenvalue weighted by atomic mass is 16.5. The fraction of sp³-hybridized carbons (Fsp3) is 0.400. The summed E-state index contributed by atoms with van der Waals surface area (Å²) in [5.41, 5.74) is 6.21. The van der Waals surface area contributed by atoms with Gasteiger partial charge < -0.3 is 20.3 Å². The number of rotatable bonds is 7. The first-order chi connectivity index (χ1) is 10.7. The number of aromatic nitrogens is 2. The predicted octanol–water partition coefficient (Wildman–Crippen LogP) is 1.33. The van der Waals surface area contributed by atoms with Crippen molar-refractivity contribution < 1.29 is 14.1 Å². The van der Waals surface area contributed by atoms with Crippen LogP contribution in [0.15, 0.2) is 28.8 Å². The molecule has 0 saturated heterocycles. The van der Waals surface area contributed by atoms with Gasteiger partial charge >= 0.3 is 0 Å². The first kappa shape index (κ1) is 16.0. The zero-order valence-corrected chi connectivity index (χ0v) is 12.7. The van der Waals surface area contributed by atoms with Gasteiger partial charge in [-0.05, 0) is 19.0 Å². The lowest BCUT2D eigenvalue weighted by atomic mass is 10.0. The molecule has 2 rings (SSSR count). The monoisotopic (exact) mass is 304 g/mol. The summed E-state index contributed by atoms with van der Waals surface area (Å²) < 4.78 is 10.4. The van der Waals surface area contributed by atoms with Crippen LogP contribution < -0.4 is 15.8 Å². The van der Waals surface area contributed by atoms with Crippen LogP contribution >= 0.6 is 0 Å². The zero-order valence-electron chi connectivity index (χ0n) is 12.7. The molecule has 118 valence electrons. The number of methoxy groups -OCH3 is 1. The summed E-state index contributed by atoms with van der Waals surface area (Å²) in [6, 6.07) is 6.87. The Hall–Kier alpha value is -2.41. The number of nitrogens with two attached hydrogens (primary N) is 1. The Kier molecular flexibility index (Phi) is 5.48. The lowest BCUT2D eigenvalue weighted by molar-refractivity contribution is -0.121. The standard InChI is InChI=1S/C15H20N4O3/c1-10-17-15(19-22-10)14(18-13(20)8-5-9-16)11-6-3-4-7-12(11)21-2/h3-4,6-7,14H,5,8-9,16H2,1-2H3,(H,18,20). The molecule has 1 heterocycles. The van der Waals surface area contributed by atoms with Gasteiger partial charge in [0.2, 0.25) is 11.8 Å². The van der Waals surface area contributed by atoms with Crippen molar-refractivity contribution in [3.8, 4) is 5.75 Å². The highest BCUT2D eigenvalue weighted by Gasteiger charge is 2.24. The van der Waals surface area contributed by atoms with E-state index in [1.165, 1.54) is 0 Å². The molecular formula is C15H20N4O3. The maximum Gasteiger partial charge on any atom is 0.223 e. The Labute approximate surface area is 128 Å². The molecule has 0 radical (unpaired) electrons. The minimum absolute atomic E-state index is 0.121. The van der Waals surface area contributed by atoms with Gasteiger partial charge in [-0.3, -0.25) is 4.79 Å². The minimum atomic E-state index is -0.529. The average molecular weight is 304 g/mol. The number of amides is 1. The van der Waals surface area contributed by atoms with Crippen molar-refractivity contribution >= 4 is 5.91 Å². The van der Waals surface area contributed by atoms with Crippen molar-refractivity contribution in [2.45, 2.75) is 25.8 Å². The SMILES string of the molecule is COc1ccccc1C(NC(=O)CCCN)c1noc(C)n1. The van der Waals surface area contributed by atoms with Gasteiger partial charge in [-0.2, -0.15) is 4.98 Å². The van der Waals surface area contributed by atoms with Crippen LogP contribution in [-0.2, 0) is 4.79 Å². The van der Waals surface area contributed by atoms with Crippen molar-refractivity contribution in [2.75, 3.05) is 13.7 Å². The Morgan fingerprint density at radius 1 is 1.45 bits per heavy atom. The van der Waals surface area contributed by atoms with Crippen LogP contribution in [0, 0.1) is 6.92 Å². The Balaban J connectivity index is 2.31. The molecule has 1 atom stereocenters. The summed E-state index contributed by atoms with van der Waals surface area (Å²) in [7, 11) is 1.58. The van der Waals surface area contributed by atoms with E-state index in [4.69, 9.17) is 15.0 Å². The minimum Gasteiger partial charge on any atom is -0.496 e. The van der Waals surface area contributed by atoms with Crippen LogP contribution in [0.5, 0.6) is 5.75 Å². The third-order valence-corrected chi connectivity index (χ3v) is 3.16. The van der Waals surface area contributed by atoms with E-state index >= 15 is 0 Å². The van der Waals surface area contributed by atoms with Crippen LogP contribution in [0.3, 0.4) is 0 Å². The van der Waals surface area contributed by atoms with Gasteiger partial charge in [0.05, 0.1) is 7.11 Å². The molecule has 22 heavy (non-hydrogen) atoms. The fourth-order valence-corrected chi connectivity index (χ4v) is 2.11. The number of para-hydroxylation sites is 1. The molecule has 1 amide bonds. The smallest absolute Gasteiger partial charge is 0.223 e. The van der Waals surface area contributed by atoms with Gasteiger partial charge in [0.15, 0.2) is 5.82 Å². The molecule has 1 unspecified atom stereocenters. The van der Waals surface area contributed by atoms with Crippen LogP contribution in [0.2, 0.25) is 0 Å². The largest absolute Gasteiger partial charge is 0.496 e. The molecule has 7 nitrogen and oxygen atoms in total. The lowest BCUT2D eigenvalue weighted by Crippen LogP contribution is -2.30. The highest BCUT2D eigenvalue weighted by Crippen LogP contribution is 2.28. The van der Waals surface area contributed by atoms with Crippen LogP contribution in [0.4, 0.5) is 0 Å². The molecule has 7 heteroatoms. The summed E-state index contributed by atoms with van der Waals surface area (Å²) in [5.74, 6) is 1.35. The Morgan fingerprint density at radius 2 is 2.23 bits per heavy atom. The molecule has 1 aromatic heterocycles. The van der Waals surface area contributed by atoms with Crippen molar-refractivity contribution in [1.29, 1.82) is 0 Å². The first-order valence-corrected chi connectivity index (χ1v) is 7.08. The molecule has 1 aromatic carbocycles. The molecule has 0 aliphatic heterocycles. The van der Waals surface area contributed by atoms with E-state index in [0.717, 1.165) is 5.56 Å². The third-order valence-electron chi connectivity index (χ3n) is 3.16. The van der Waals surface area contributed by atoms with E-state index in [1.54, 1.807) is 14.0 Å². The predicted molar refractivity (Wildman–Crippen MR) is 80.3 cm³/mol. The maximum absolute atomic E-state index is 12.1. The average Bonchev–Trinajstić information content (AvgIpc) is 2.96. The Bertz CT molecular complexity index is 627. The van der Waals surface area contributed by atoms with E-state index in [1.807, 2.05) is 24.3 Å². The maximum atomic E-state index is 12.1. The number of benzene rings is 1. The van der Waals surface area contributed by atoms with Crippen molar-refractivity contribution in [2.24, 2.45) is 5.73 Å². The second kappa shape index (κ2) is 7.56. The molecule has 0 saturated carbocycles. The quantitative estimate of drug-likeness (QED) is 0.800. The Morgan fingerprint density at radius 3 is 2.86 bits per heavy atom. The van der Waals surface area contributed by atoms with Crippen LogP contribution in [0.1, 0.15) is 36.2 Å². The zero-order chi connectivity index (χ0) is 15.9. The normalized spacial score (nSPS) is 12.0. The number of carbonyl (C=O) groups is 1. The second-order valence-corrected chi connectivity index (χ2v) is 4.81. The van der Waals surface area contributed by atoms with Gasteiger partial charge in [-0.15, -0.1) is 0 Å². The second-order valence-electron chi connectivity index (χ2n) is 4.81. The van der Waals surface area contributed by atoms with Crippen LogP contribution in [-0.4, -0.2) is 29.7 Å². The fourth-order valence-electron chi connectivity index (χ4n) is 2.11. The lowest BCUT2D eigenvalue weighted by Gasteiger charge is -2.18. The van der Waals surface area contributed by atoms with Crippen molar-refractivity contribution in [1.82, 2.24) is 15.5 Å². The number of nitrogens with one attached hydrogen (secondary N) is 1. The van der Waals surface area contributed by atoms with Gasteiger partial charge in [-0.25, -0.2) is 0 Å². The van der Waals surface area contributed by atoms with Gasteiger partial charge in [-0.1, -0.05) is 23.4 Å². The number of ether oxygens (including phenoxy) is 1. The van der Waals surface area contributed by atoms with E-state index in [9.17, 15) is 4.79 Å². The summed E-state index contributed by atoms with van der Waals surface area (Å²) in [6.07, 6.45) is 0.967. The summed E-state index contributed by atoms with van der Waals surface area (Å²) >= 11 is 0. The van der Waals surface area contributed by atoms with Gasteiger partial charge in [0.25, 0.3) is 0 Å². The number of hydrogen-bond acceptors (Lipinski definition) is 6. The van der Waals surface area contributed by atoms with E-state index in [-0.39, 0.29) is 5.91 Å². The number of hydrogen-bond donors (Lipinski definition) is 2. The molecule has 0 aliphatic carbocycles. The molecule has 0 bridgehead atoms. The molecule has 0 aliphatic rings. The van der Waals surface area contributed by atoms with Crippen molar-refractivity contribution in [3.63, 3.8) is 0 Å². The summed E-state index contributed by atoms with van der Waals surface area (Å²) in [5, 5.41) is 6.83.